The van der Waals surface area contributed by atoms with E-state index in [-0.39, 0.29) is 18.3 Å². The van der Waals surface area contributed by atoms with Gasteiger partial charge in [-0.2, -0.15) is 4.98 Å². The van der Waals surface area contributed by atoms with E-state index in [9.17, 15) is 4.39 Å². The van der Waals surface area contributed by atoms with E-state index in [4.69, 9.17) is 15.0 Å². The third-order valence-electron chi connectivity index (χ3n) is 2.80. The molecule has 2 aromatic rings. The normalized spacial score (nSPS) is 11.1. The molecule has 0 atom stereocenters. The maximum Gasteiger partial charge on any atom is 0.264 e. The van der Waals surface area contributed by atoms with E-state index in [0.717, 1.165) is 5.56 Å². The number of benzene rings is 1. The monoisotopic (exact) mass is 279 g/mol. The fraction of sp³-hybridized carbons (Fsp3) is 0.429. The Morgan fingerprint density at radius 2 is 2.20 bits per heavy atom. The van der Waals surface area contributed by atoms with E-state index in [1.807, 2.05) is 13.8 Å². The lowest BCUT2D eigenvalue weighted by Gasteiger charge is -2.10. The number of para-hydroxylation sites is 1. The zero-order chi connectivity index (χ0) is 14.5. The summed E-state index contributed by atoms with van der Waals surface area (Å²) < 4.78 is 24.3. The van der Waals surface area contributed by atoms with Gasteiger partial charge in [0.05, 0.1) is 0 Å². The zero-order valence-electron chi connectivity index (χ0n) is 11.6. The number of hydrogen-bond acceptors (Lipinski definition) is 5. The van der Waals surface area contributed by atoms with Gasteiger partial charge in [-0.05, 0) is 24.6 Å². The van der Waals surface area contributed by atoms with Crippen molar-refractivity contribution in [2.75, 3.05) is 6.54 Å². The maximum atomic E-state index is 13.8. The molecule has 20 heavy (non-hydrogen) atoms. The van der Waals surface area contributed by atoms with Gasteiger partial charge < -0.3 is 15.0 Å². The molecule has 6 heteroatoms. The second-order valence-corrected chi connectivity index (χ2v) is 4.76. The summed E-state index contributed by atoms with van der Waals surface area (Å²) in [6.45, 7) is 4.40. The van der Waals surface area contributed by atoms with Crippen LogP contribution in [-0.2, 0) is 13.0 Å². The molecule has 1 aromatic heterocycles. The maximum absolute atomic E-state index is 13.8. The van der Waals surface area contributed by atoms with Crippen molar-refractivity contribution >= 4 is 0 Å². The first kappa shape index (κ1) is 14.5. The lowest BCUT2D eigenvalue weighted by Crippen LogP contribution is -2.07. The molecule has 1 heterocycles. The number of aromatic nitrogens is 2. The van der Waals surface area contributed by atoms with Crippen molar-refractivity contribution in [1.82, 2.24) is 10.1 Å². The Labute approximate surface area is 116 Å². The summed E-state index contributed by atoms with van der Waals surface area (Å²) in [6.07, 6.45) is 0.550. The molecule has 0 spiro atoms. The van der Waals surface area contributed by atoms with Crippen molar-refractivity contribution in [3.63, 3.8) is 0 Å². The van der Waals surface area contributed by atoms with Gasteiger partial charge in [0.2, 0.25) is 0 Å². The SMILES string of the molecule is CC(C)c1noc(COc2c(F)cccc2CCN)n1. The van der Waals surface area contributed by atoms with Crippen LogP contribution in [0.4, 0.5) is 4.39 Å². The molecule has 0 bridgehead atoms. The molecule has 1 aromatic carbocycles. The van der Waals surface area contributed by atoms with Crippen molar-refractivity contribution < 1.29 is 13.7 Å². The summed E-state index contributed by atoms with van der Waals surface area (Å²) in [5.41, 5.74) is 6.24. The lowest BCUT2D eigenvalue weighted by molar-refractivity contribution is 0.232. The fourth-order valence-corrected chi connectivity index (χ4v) is 1.76. The van der Waals surface area contributed by atoms with Crippen LogP contribution in [0.15, 0.2) is 22.7 Å². The van der Waals surface area contributed by atoms with Crippen LogP contribution in [0.5, 0.6) is 5.75 Å². The highest BCUT2D eigenvalue weighted by molar-refractivity contribution is 5.35. The molecule has 0 saturated carbocycles. The molecule has 108 valence electrons. The van der Waals surface area contributed by atoms with Crippen LogP contribution in [0.1, 0.15) is 37.0 Å². The van der Waals surface area contributed by atoms with Crippen molar-refractivity contribution in [3.8, 4) is 5.75 Å². The molecular weight excluding hydrogens is 261 g/mol. The topological polar surface area (TPSA) is 74.2 Å². The smallest absolute Gasteiger partial charge is 0.264 e. The van der Waals surface area contributed by atoms with Gasteiger partial charge in [0.25, 0.3) is 5.89 Å². The van der Waals surface area contributed by atoms with E-state index in [2.05, 4.69) is 10.1 Å². The molecule has 2 rings (SSSR count). The van der Waals surface area contributed by atoms with Gasteiger partial charge in [-0.1, -0.05) is 31.1 Å². The van der Waals surface area contributed by atoms with Gasteiger partial charge in [0, 0.05) is 5.92 Å². The predicted octanol–water partition coefficient (Wildman–Crippen LogP) is 2.41. The van der Waals surface area contributed by atoms with Crippen LogP contribution >= 0.6 is 0 Å². The molecule has 0 aliphatic rings. The van der Waals surface area contributed by atoms with Crippen LogP contribution in [0.3, 0.4) is 0 Å². The van der Waals surface area contributed by atoms with Gasteiger partial charge in [-0.3, -0.25) is 0 Å². The zero-order valence-corrected chi connectivity index (χ0v) is 11.6. The Balaban J connectivity index is 2.09. The first-order chi connectivity index (χ1) is 9.61. The molecular formula is C14H18FN3O2. The van der Waals surface area contributed by atoms with E-state index in [0.29, 0.717) is 24.7 Å². The number of halogens is 1. The first-order valence-electron chi connectivity index (χ1n) is 6.54. The van der Waals surface area contributed by atoms with Crippen LogP contribution in [-0.4, -0.2) is 16.7 Å². The molecule has 0 saturated heterocycles. The quantitative estimate of drug-likeness (QED) is 0.879. The van der Waals surface area contributed by atoms with Gasteiger partial charge in [-0.25, -0.2) is 4.39 Å². The minimum Gasteiger partial charge on any atom is -0.480 e. The van der Waals surface area contributed by atoms with Crippen molar-refractivity contribution in [1.29, 1.82) is 0 Å². The highest BCUT2D eigenvalue weighted by atomic mass is 19.1. The Kier molecular flexibility index (Phi) is 4.68. The minimum absolute atomic E-state index is 0.0399. The Morgan fingerprint density at radius 1 is 1.40 bits per heavy atom. The second-order valence-electron chi connectivity index (χ2n) is 4.76. The largest absolute Gasteiger partial charge is 0.480 e. The van der Waals surface area contributed by atoms with Crippen molar-refractivity contribution in [2.45, 2.75) is 32.8 Å². The second kappa shape index (κ2) is 6.47. The molecule has 5 nitrogen and oxygen atoms in total. The van der Waals surface area contributed by atoms with Crippen molar-refractivity contribution in [2.24, 2.45) is 5.73 Å². The number of ether oxygens (including phenoxy) is 1. The highest BCUT2D eigenvalue weighted by Crippen LogP contribution is 2.24. The summed E-state index contributed by atoms with van der Waals surface area (Å²) in [7, 11) is 0. The molecule has 0 radical (unpaired) electrons. The minimum atomic E-state index is -0.417. The first-order valence-corrected chi connectivity index (χ1v) is 6.54. The standard InChI is InChI=1S/C14H18FN3O2/c1-9(2)14-17-12(20-18-14)8-19-13-10(6-7-16)4-3-5-11(13)15/h3-5,9H,6-8,16H2,1-2H3. The molecule has 0 unspecified atom stereocenters. The van der Waals surface area contributed by atoms with Crippen LogP contribution in [0.25, 0.3) is 0 Å². The van der Waals surface area contributed by atoms with E-state index >= 15 is 0 Å². The number of nitrogens with two attached hydrogens (primary N) is 1. The molecule has 0 aliphatic heterocycles. The van der Waals surface area contributed by atoms with Crippen molar-refractivity contribution in [3.05, 3.63) is 41.3 Å². The van der Waals surface area contributed by atoms with Gasteiger partial charge in [0.15, 0.2) is 24.0 Å². The lowest BCUT2D eigenvalue weighted by atomic mass is 10.1. The van der Waals surface area contributed by atoms with Crippen LogP contribution in [0, 0.1) is 5.82 Å². The van der Waals surface area contributed by atoms with Gasteiger partial charge >= 0.3 is 0 Å². The molecule has 0 fully saturated rings. The summed E-state index contributed by atoms with van der Waals surface area (Å²) in [5, 5.41) is 3.83. The summed E-state index contributed by atoms with van der Waals surface area (Å²) in [5.74, 6) is 0.894. The average Bonchev–Trinajstić information content (AvgIpc) is 2.87. The van der Waals surface area contributed by atoms with Crippen LogP contribution in [0.2, 0.25) is 0 Å². The number of hydrogen-bond donors (Lipinski definition) is 1. The van der Waals surface area contributed by atoms with E-state index < -0.39 is 5.82 Å². The van der Waals surface area contributed by atoms with Crippen LogP contribution < -0.4 is 10.5 Å². The highest BCUT2D eigenvalue weighted by Gasteiger charge is 2.13. The molecule has 0 aliphatic carbocycles. The van der Waals surface area contributed by atoms with Gasteiger partial charge in [0.1, 0.15) is 0 Å². The molecule has 2 N–H and O–H groups in total. The summed E-state index contributed by atoms with van der Waals surface area (Å²) in [6, 6.07) is 4.78. The van der Waals surface area contributed by atoms with Gasteiger partial charge in [-0.15, -0.1) is 0 Å². The number of nitrogens with zero attached hydrogens (tertiary/aromatic N) is 2. The Bertz CT molecular complexity index is 569. The Hall–Kier alpha value is -1.95. The predicted molar refractivity (Wildman–Crippen MR) is 71.9 cm³/mol. The summed E-state index contributed by atoms with van der Waals surface area (Å²) >= 11 is 0. The number of rotatable bonds is 6. The summed E-state index contributed by atoms with van der Waals surface area (Å²) in [4.78, 5) is 4.18. The van der Waals surface area contributed by atoms with E-state index in [1.165, 1.54) is 6.07 Å². The fourth-order valence-electron chi connectivity index (χ4n) is 1.76. The third-order valence-corrected chi connectivity index (χ3v) is 2.80. The Morgan fingerprint density at radius 3 is 2.85 bits per heavy atom. The molecule has 0 amide bonds. The third kappa shape index (κ3) is 3.33. The average molecular weight is 279 g/mol. The van der Waals surface area contributed by atoms with E-state index in [1.54, 1.807) is 12.1 Å².